The summed E-state index contributed by atoms with van der Waals surface area (Å²) in [6.45, 7) is 0. The minimum absolute atomic E-state index is 0.0272. The topological polar surface area (TPSA) is 74.6 Å². The van der Waals surface area contributed by atoms with Crippen LogP contribution in [-0.4, -0.2) is 28.2 Å². The van der Waals surface area contributed by atoms with Crippen LogP contribution in [0.1, 0.15) is 75.9 Å². The normalized spacial score (nSPS) is 15.1. The molecule has 0 amide bonds. The molecule has 0 bridgehead atoms. The Labute approximate surface area is 374 Å². The summed E-state index contributed by atoms with van der Waals surface area (Å²) >= 11 is 5.48. The third-order valence-corrected chi connectivity index (χ3v) is 8.49. The van der Waals surface area contributed by atoms with Crippen molar-refractivity contribution in [1.29, 1.82) is 0 Å². The molecule has 0 radical (unpaired) electrons. The first-order chi connectivity index (χ1) is 36.7. The minimum atomic E-state index is -1.68. The van der Waals surface area contributed by atoms with Gasteiger partial charge in [0.1, 0.15) is 0 Å². The van der Waals surface area contributed by atoms with E-state index in [4.69, 9.17) is 39.0 Å². The summed E-state index contributed by atoms with van der Waals surface area (Å²) < 4.78 is 158. The largest absolute Gasteiger partial charge is 0.488 e. The predicted octanol–water partition coefficient (Wildman–Crippen LogP) is 10.9. The Hall–Kier alpha value is -6.63. The zero-order valence-corrected chi connectivity index (χ0v) is 31.1. The average molecular weight is 797 g/mol. The van der Waals surface area contributed by atoms with E-state index in [2.05, 4.69) is 0 Å². The number of hydrogen-bond acceptors (Lipinski definition) is 4. The molecular weight excluding hydrogens is 735 g/mol. The van der Waals surface area contributed by atoms with Gasteiger partial charge in [-0.25, -0.2) is 0 Å². The molecule has 0 aliphatic carbocycles. The molecule has 8 aromatic carbocycles. The number of carbonyl (C=O) groups is 2. The van der Waals surface area contributed by atoms with Crippen LogP contribution in [0.15, 0.2) is 218 Å². The highest BCUT2D eigenvalue weighted by molar-refractivity contribution is 6.68. The maximum atomic E-state index is 13.8. The molecule has 0 fully saturated rings. The molecule has 8 aromatic rings. The number of hydrogen-bond donors (Lipinski definition) is 2. The zero-order valence-electron chi connectivity index (χ0n) is 50.3. The van der Waals surface area contributed by atoms with Crippen molar-refractivity contribution in [2.45, 2.75) is 12.8 Å². The SMILES string of the molecule is [2H]c1c([2H])c([2H])c(-c2ccccc2C(=O)Cl)c([2H])c1[2H].[2H]c1c([2H])c([2H])c(Cc2ccccc2B(O)O)c([2H])c1[2H].[2H]c1c([2H])c([2H])c(Cc2ccccc2C(=O)c2ccccc2-c2c([2H])c([2H])c([2H])c([2H])c2[2H])c([2H])c1[2H]. The van der Waals surface area contributed by atoms with Crippen molar-refractivity contribution in [3.05, 3.63) is 257 Å². The standard InChI is InChI=1S/C26H20O.C13H13BO2.C13H9ClO/c27-26(25-18-10-9-16-23(25)21-13-5-2-6-14-21)24-17-8-7-15-22(24)19-20-11-3-1-4-12-20;15-14(16)13-9-5-4-8-12(13)10-11-6-2-1-3-7-11;14-13(15)12-9-5-4-8-11(12)10-6-2-1-3-7-10/h1-18H,19H2;1-9,15-16H,10H2;1-9H/i1D,2D,3D,4D,5D,6D,11D,12D,13D,14D;2*1D,2D,3D,6D,7D. The van der Waals surface area contributed by atoms with Gasteiger partial charge in [-0.1, -0.05) is 212 Å². The molecule has 0 unspecified atom stereocenters. The molecule has 0 heterocycles. The Bertz CT molecular complexity index is 3590. The third kappa shape index (κ3) is 11.2. The summed E-state index contributed by atoms with van der Waals surface area (Å²) in [4.78, 5) is 25.2. The van der Waals surface area contributed by atoms with Crippen molar-refractivity contribution >= 4 is 35.2 Å². The van der Waals surface area contributed by atoms with Gasteiger partial charge in [-0.05, 0) is 80.5 Å². The van der Waals surface area contributed by atoms with Crippen molar-refractivity contribution < 1.29 is 47.1 Å². The molecule has 6 heteroatoms. The van der Waals surface area contributed by atoms with Crippen molar-refractivity contribution in [3.63, 3.8) is 0 Å². The summed E-state index contributed by atoms with van der Waals surface area (Å²) in [5.41, 5.74) is 2.04. The van der Waals surface area contributed by atoms with Gasteiger partial charge in [0, 0.05) is 16.7 Å². The lowest BCUT2D eigenvalue weighted by atomic mass is 9.76. The Morgan fingerprint density at radius 3 is 1.34 bits per heavy atom. The van der Waals surface area contributed by atoms with Gasteiger partial charge < -0.3 is 10.0 Å². The fourth-order valence-electron chi connectivity index (χ4n) is 5.64. The summed E-state index contributed by atoms with van der Waals surface area (Å²) in [5, 5.41) is 17.9. The first-order valence-corrected chi connectivity index (χ1v) is 17.8. The molecule has 58 heavy (non-hydrogen) atoms. The lowest BCUT2D eigenvalue weighted by Gasteiger charge is -2.12. The van der Waals surface area contributed by atoms with E-state index in [9.17, 15) is 19.6 Å². The van der Waals surface area contributed by atoms with Gasteiger partial charge in [-0.15, -0.1) is 0 Å². The number of ketones is 1. The van der Waals surface area contributed by atoms with Crippen LogP contribution in [0.3, 0.4) is 0 Å². The lowest BCUT2D eigenvalue weighted by Crippen LogP contribution is -2.32. The van der Waals surface area contributed by atoms with Crippen LogP contribution in [0.25, 0.3) is 22.3 Å². The van der Waals surface area contributed by atoms with E-state index < -0.39 is 103 Å². The smallest absolute Gasteiger partial charge is 0.423 e. The maximum absolute atomic E-state index is 13.8. The summed E-state index contributed by atoms with van der Waals surface area (Å²) in [6, 6.07) is 16.9. The van der Waals surface area contributed by atoms with E-state index in [1.807, 2.05) is 0 Å². The second-order valence-corrected chi connectivity index (χ2v) is 12.3. The zero-order chi connectivity index (χ0) is 57.9. The highest BCUT2D eigenvalue weighted by Gasteiger charge is 2.18. The molecule has 0 aromatic heterocycles. The molecule has 0 spiro atoms. The van der Waals surface area contributed by atoms with Crippen LogP contribution in [0.5, 0.6) is 0 Å². The van der Waals surface area contributed by atoms with Crippen molar-refractivity contribution in [2.24, 2.45) is 0 Å². The van der Waals surface area contributed by atoms with Crippen LogP contribution in [0, 0.1) is 0 Å². The van der Waals surface area contributed by atoms with Crippen molar-refractivity contribution in [2.75, 3.05) is 0 Å². The molecule has 0 atom stereocenters. The fraction of sp³-hybridized carbons (Fsp3) is 0.0385. The molecule has 4 nitrogen and oxygen atoms in total. The average Bonchev–Trinajstić information content (AvgIpc) is 3.49. The second kappa shape index (κ2) is 21.1. The monoisotopic (exact) mass is 796 g/mol. The van der Waals surface area contributed by atoms with Crippen molar-refractivity contribution in [3.8, 4) is 22.3 Å². The first kappa shape index (κ1) is 22.4. The van der Waals surface area contributed by atoms with Gasteiger partial charge in [0.15, 0.2) is 5.78 Å². The summed E-state index contributed by atoms with van der Waals surface area (Å²) in [5.74, 6) is -0.495. The van der Waals surface area contributed by atoms with Gasteiger partial charge in [0.2, 0.25) is 0 Å². The van der Waals surface area contributed by atoms with E-state index in [1.54, 1.807) is 66.7 Å². The lowest BCUT2D eigenvalue weighted by molar-refractivity contribution is 0.103. The van der Waals surface area contributed by atoms with E-state index in [1.165, 1.54) is 30.3 Å². The van der Waals surface area contributed by atoms with E-state index >= 15 is 0 Å². The van der Waals surface area contributed by atoms with Gasteiger partial charge in [0.05, 0.1) is 27.4 Å². The molecular formula is C52H42BClO4. The van der Waals surface area contributed by atoms with Gasteiger partial charge in [-0.3, -0.25) is 9.59 Å². The van der Waals surface area contributed by atoms with Crippen molar-refractivity contribution in [1.82, 2.24) is 0 Å². The summed E-state index contributed by atoms with van der Waals surface area (Å²) in [7, 11) is -1.68. The minimum Gasteiger partial charge on any atom is -0.423 e. The van der Waals surface area contributed by atoms with Crippen LogP contribution >= 0.6 is 11.6 Å². The van der Waals surface area contributed by atoms with E-state index in [0.29, 0.717) is 11.1 Å². The number of carbonyl (C=O) groups excluding carboxylic acids is 2. The van der Waals surface area contributed by atoms with Crippen LogP contribution in [-0.2, 0) is 12.8 Å². The molecule has 0 saturated carbocycles. The quantitative estimate of drug-likeness (QED) is 0.0821. The summed E-state index contributed by atoms with van der Waals surface area (Å²) in [6.07, 6.45) is -0.0715. The molecule has 8 rings (SSSR count). The Morgan fingerprint density at radius 1 is 0.466 bits per heavy atom. The van der Waals surface area contributed by atoms with Crippen LogP contribution < -0.4 is 5.46 Å². The van der Waals surface area contributed by atoms with E-state index in [-0.39, 0.29) is 105 Å². The number of halogens is 1. The van der Waals surface area contributed by atoms with Crippen LogP contribution in [0.4, 0.5) is 0 Å². The molecule has 0 aliphatic heterocycles. The fourth-order valence-corrected chi connectivity index (χ4v) is 5.80. The Morgan fingerprint density at radius 2 is 0.845 bits per heavy atom. The van der Waals surface area contributed by atoms with E-state index in [0.717, 1.165) is 0 Å². The highest BCUT2D eigenvalue weighted by atomic mass is 35.5. The third-order valence-electron chi connectivity index (χ3n) is 8.28. The highest BCUT2D eigenvalue weighted by Crippen LogP contribution is 2.28. The maximum Gasteiger partial charge on any atom is 0.488 e. The molecule has 2 N–H and O–H groups in total. The number of rotatable bonds is 10. The van der Waals surface area contributed by atoms with Gasteiger partial charge >= 0.3 is 7.12 Å². The Balaban J connectivity index is 0.000000204. The first-order valence-electron chi connectivity index (χ1n) is 27.4. The predicted molar refractivity (Wildman–Crippen MR) is 239 cm³/mol. The second-order valence-electron chi connectivity index (χ2n) is 12.0. The van der Waals surface area contributed by atoms with Gasteiger partial charge in [-0.2, -0.15) is 0 Å². The molecule has 0 aliphatic rings. The molecule has 0 saturated heterocycles. The van der Waals surface area contributed by atoms with Crippen LogP contribution in [0.2, 0.25) is 0 Å². The van der Waals surface area contributed by atoms with Gasteiger partial charge in [0.25, 0.3) is 5.24 Å². The molecule has 284 valence electrons. The Kier molecular flexibility index (Phi) is 8.11. The number of benzene rings is 8.